The van der Waals surface area contributed by atoms with Crippen LogP contribution in [-0.4, -0.2) is 24.1 Å². The van der Waals surface area contributed by atoms with Gasteiger partial charge in [0, 0.05) is 28.6 Å². The Morgan fingerprint density at radius 1 is 1.59 bits per heavy atom. The Balaban J connectivity index is 2.24. The topological polar surface area (TPSA) is 27.0 Å². The molecule has 0 N–H and O–H groups in total. The van der Waals surface area contributed by atoms with Crippen molar-refractivity contribution in [2.24, 2.45) is 0 Å². The zero-order valence-electron chi connectivity index (χ0n) is 9.82. The summed E-state index contributed by atoms with van der Waals surface area (Å²) in [5.41, 5.74) is 1.84. The van der Waals surface area contributed by atoms with E-state index in [-0.39, 0.29) is 0 Å². The van der Waals surface area contributed by atoms with Gasteiger partial charge >= 0.3 is 0 Å². The highest BCUT2D eigenvalue weighted by molar-refractivity contribution is 9.10. The van der Waals surface area contributed by atoms with E-state index in [4.69, 9.17) is 0 Å². The second-order valence-electron chi connectivity index (χ2n) is 4.12. The fourth-order valence-corrected chi connectivity index (χ4v) is 3.60. The van der Waals surface area contributed by atoms with Gasteiger partial charge in [0.1, 0.15) is 6.07 Å². The van der Waals surface area contributed by atoms with Crippen LogP contribution in [0.25, 0.3) is 0 Å². The largest absolute Gasteiger partial charge is 0.369 e. The first-order valence-electron chi connectivity index (χ1n) is 5.80. The van der Waals surface area contributed by atoms with Gasteiger partial charge in [0.2, 0.25) is 0 Å². The maximum Gasteiger partial charge on any atom is 0.101 e. The number of rotatable bonds is 2. The lowest BCUT2D eigenvalue weighted by molar-refractivity contribution is 0.727. The number of thioether (sulfide) groups is 1. The van der Waals surface area contributed by atoms with Crippen molar-refractivity contribution in [3.05, 3.63) is 28.2 Å². The number of nitriles is 1. The Labute approximate surface area is 115 Å². The molecule has 90 valence electrons. The number of hydrogen-bond acceptors (Lipinski definition) is 3. The fourth-order valence-electron chi connectivity index (χ4n) is 2.06. The van der Waals surface area contributed by atoms with Crippen LogP contribution < -0.4 is 4.90 Å². The first-order valence-corrected chi connectivity index (χ1v) is 7.65. The van der Waals surface area contributed by atoms with Crippen molar-refractivity contribution in [2.75, 3.05) is 23.7 Å². The van der Waals surface area contributed by atoms with Gasteiger partial charge in [-0.3, -0.25) is 0 Å². The van der Waals surface area contributed by atoms with Gasteiger partial charge in [-0.05, 0) is 24.6 Å². The molecule has 1 heterocycles. The Hall–Kier alpha value is -0.660. The van der Waals surface area contributed by atoms with E-state index in [0.29, 0.717) is 5.25 Å². The molecule has 0 aliphatic carbocycles. The third kappa shape index (κ3) is 2.97. The molecule has 1 unspecified atom stereocenters. The van der Waals surface area contributed by atoms with Gasteiger partial charge in [-0.25, -0.2) is 0 Å². The van der Waals surface area contributed by atoms with Crippen LogP contribution in [0.3, 0.4) is 0 Å². The van der Waals surface area contributed by atoms with Crippen molar-refractivity contribution in [3.8, 4) is 6.07 Å². The minimum Gasteiger partial charge on any atom is -0.369 e. The van der Waals surface area contributed by atoms with Crippen LogP contribution in [0.4, 0.5) is 5.69 Å². The molecule has 1 aromatic rings. The van der Waals surface area contributed by atoms with E-state index >= 15 is 0 Å². The lowest BCUT2D eigenvalue weighted by Crippen LogP contribution is -2.38. The van der Waals surface area contributed by atoms with Crippen molar-refractivity contribution in [1.82, 2.24) is 0 Å². The lowest BCUT2D eigenvalue weighted by Gasteiger charge is -2.34. The highest BCUT2D eigenvalue weighted by Gasteiger charge is 2.21. The average Bonchev–Trinajstić information content (AvgIpc) is 2.38. The SMILES string of the molecule is CCC1CN(c2ccc(Br)cc2C#N)CCS1. The summed E-state index contributed by atoms with van der Waals surface area (Å²) in [6, 6.07) is 8.25. The molecule has 0 saturated carbocycles. The Morgan fingerprint density at radius 2 is 2.41 bits per heavy atom. The van der Waals surface area contributed by atoms with Gasteiger partial charge in [-0.1, -0.05) is 22.9 Å². The monoisotopic (exact) mass is 310 g/mol. The normalized spacial score (nSPS) is 20.1. The lowest BCUT2D eigenvalue weighted by atomic mass is 10.1. The average molecular weight is 311 g/mol. The summed E-state index contributed by atoms with van der Waals surface area (Å²) in [7, 11) is 0. The third-order valence-corrected chi connectivity index (χ3v) is 4.88. The van der Waals surface area contributed by atoms with Gasteiger partial charge in [-0.15, -0.1) is 0 Å². The van der Waals surface area contributed by atoms with Crippen molar-refractivity contribution < 1.29 is 0 Å². The first-order chi connectivity index (χ1) is 8.24. The molecule has 0 bridgehead atoms. The molecule has 1 aliphatic heterocycles. The van der Waals surface area contributed by atoms with Crippen molar-refractivity contribution in [1.29, 1.82) is 5.26 Å². The van der Waals surface area contributed by atoms with Crippen LogP contribution in [-0.2, 0) is 0 Å². The van der Waals surface area contributed by atoms with Gasteiger partial charge in [-0.2, -0.15) is 17.0 Å². The zero-order valence-corrected chi connectivity index (χ0v) is 12.2. The van der Waals surface area contributed by atoms with Gasteiger partial charge in [0.25, 0.3) is 0 Å². The molecule has 0 spiro atoms. The molecule has 1 saturated heterocycles. The quantitative estimate of drug-likeness (QED) is 0.834. The van der Waals surface area contributed by atoms with Crippen LogP contribution in [0.15, 0.2) is 22.7 Å². The predicted octanol–water partition coefficient (Wildman–Crippen LogP) is 3.65. The number of hydrogen-bond donors (Lipinski definition) is 0. The van der Waals surface area contributed by atoms with E-state index in [1.165, 1.54) is 6.42 Å². The molecule has 17 heavy (non-hydrogen) atoms. The number of anilines is 1. The molecule has 1 atom stereocenters. The second-order valence-corrected chi connectivity index (χ2v) is 6.44. The Kier molecular flexibility index (Phi) is 4.36. The molecular formula is C13H15BrN2S. The maximum atomic E-state index is 9.19. The minimum atomic E-state index is 0.693. The molecule has 0 amide bonds. The smallest absolute Gasteiger partial charge is 0.101 e. The van der Waals surface area contributed by atoms with E-state index in [2.05, 4.69) is 33.8 Å². The second kappa shape index (κ2) is 5.79. The van der Waals surface area contributed by atoms with Crippen molar-refractivity contribution >= 4 is 33.4 Å². The van der Waals surface area contributed by atoms with Crippen LogP contribution in [0.1, 0.15) is 18.9 Å². The summed E-state index contributed by atoms with van der Waals surface area (Å²) in [6.07, 6.45) is 1.19. The predicted molar refractivity (Wildman–Crippen MR) is 77.6 cm³/mol. The molecular weight excluding hydrogens is 296 g/mol. The highest BCUT2D eigenvalue weighted by Crippen LogP contribution is 2.29. The molecule has 2 rings (SSSR count). The summed E-state index contributed by atoms with van der Waals surface area (Å²) < 4.78 is 0.969. The Morgan fingerprint density at radius 3 is 3.12 bits per heavy atom. The summed E-state index contributed by atoms with van der Waals surface area (Å²) >= 11 is 5.46. The van der Waals surface area contributed by atoms with Crippen LogP contribution in [0.5, 0.6) is 0 Å². The maximum absolute atomic E-state index is 9.19. The molecule has 0 radical (unpaired) electrons. The number of nitrogens with zero attached hydrogens (tertiary/aromatic N) is 2. The van der Waals surface area contributed by atoms with Gasteiger partial charge in [0.05, 0.1) is 11.3 Å². The van der Waals surface area contributed by atoms with Crippen molar-refractivity contribution in [3.63, 3.8) is 0 Å². The van der Waals surface area contributed by atoms with Crippen LogP contribution in [0, 0.1) is 11.3 Å². The third-order valence-electron chi connectivity index (χ3n) is 3.01. The molecule has 2 nitrogen and oxygen atoms in total. The molecule has 1 aromatic carbocycles. The highest BCUT2D eigenvalue weighted by atomic mass is 79.9. The zero-order chi connectivity index (χ0) is 12.3. The van der Waals surface area contributed by atoms with E-state index in [9.17, 15) is 5.26 Å². The number of halogens is 1. The molecule has 0 aromatic heterocycles. The Bertz CT molecular complexity index is 442. The van der Waals surface area contributed by atoms with Crippen LogP contribution in [0.2, 0.25) is 0 Å². The molecule has 1 fully saturated rings. The molecule has 4 heteroatoms. The standard InChI is InChI=1S/C13H15BrN2S/c1-2-12-9-16(5-6-17-12)13-4-3-11(14)7-10(13)8-15/h3-4,7,12H,2,5-6,9H2,1H3. The summed E-state index contributed by atoms with van der Waals surface area (Å²) in [4.78, 5) is 2.34. The summed E-state index contributed by atoms with van der Waals surface area (Å²) in [6.45, 7) is 4.32. The molecule has 1 aliphatic rings. The first kappa shape index (κ1) is 12.8. The summed E-state index contributed by atoms with van der Waals surface area (Å²) in [5, 5.41) is 9.89. The fraction of sp³-hybridized carbons (Fsp3) is 0.462. The van der Waals surface area contributed by atoms with Gasteiger partial charge in [0.15, 0.2) is 0 Å². The minimum absolute atomic E-state index is 0.693. The van der Waals surface area contributed by atoms with E-state index in [1.54, 1.807) is 0 Å². The van der Waals surface area contributed by atoms with E-state index in [0.717, 1.165) is 34.6 Å². The number of benzene rings is 1. The van der Waals surface area contributed by atoms with Crippen LogP contribution >= 0.6 is 27.7 Å². The van der Waals surface area contributed by atoms with Crippen molar-refractivity contribution in [2.45, 2.75) is 18.6 Å². The van der Waals surface area contributed by atoms with E-state index in [1.807, 2.05) is 30.0 Å². The summed E-state index contributed by atoms with van der Waals surface area (Å²) in [5.74, 6) is 1.15. The van der Waals surface area contributed by atoms with Gasteiger partial charge < -0.3 is 4.90 Å². The van der Waals surface area contributed by atoms with E-state index < -0.39 is 0 Å².